The van der Waals surface area contributed by atoms with Crippen LogP contribution in [0.2, 0.25) is 5.02 Å². The lowest BCUT2D eigenvalue weighted by Gasteiger charge is -2.09. The van der Waals surface area contributed by atoms with Crippen molar-refractivity contribution in [3.05, 3.63) is 58.9 Å². The van der Waals surface area contributed by atoms with E-state index in [1.807, 2.05) is 5.32 Å². The molecule has 2 aromatic rings. The van der Waals surface area contributed by atoms with Crippen LogP contribution in [0.15, 0.2) is 42.5 Å². The minimum Gasteiger partial charge on any atom is -0.452 e. The second kappa shape index (κ2) is 8.11. The van der Waals surface area contributed by atoms with Crippen LogP contribution >= 0.6 is 11.6 Å². The molecule has 0 aromatic heterocycles. The smallest absolute Gasteiger partial charge is 0.340 e. The fourth-order valence-corrected chi connectivity index (χ4v) is 1.97. The lowest BCUT2D eigenvalue weighted by Crippen LogP contribution is -2.37. The minimum absolute atomic E-state index is 0.00360. The third-order valence-electron chi connectivity index (χ3n) is 2.94. The molecule has 130 valence electrons. The standard InChI is InChI=1S/C16H13ClFN3O4/c17-9-5-6-12(19)10(7-9)15(23)25-8-14(22)21-16(24)20-13-4-2-1-3-11(13)18/h1-7H,8,19H2,(H2,20,21,22,24). The largest absolute Gasteiger partial charge is 0.452 e. The van der Waals surface area contributed by atoms with Crippen molar-refractivity contribution in [1.29, 1.82) is 0 Å². The number of nitrogens with one attached hydrogen (secondary N) is 2. The number of amides is 3. The molecule has 0 aliphatic heterocycles. The van der Waals surface area contributed by atoms with E-state index in [0.717, 1.165) is 6.07 Å². The average molecular weight is 366 g/mol. The maximum atomic E-state index is 13.4. The maximum Gasteiger partial charge on any atom is 0.340 e. The van der Waals surface area contributed by atoms with Gasteiger partial charge in [0.2, 0.25) is 0 Å². The molecular formula is C16H13ClFN3O4. The van der Waals surface area contributed by atoms with Gasteiger partial charge in [-0.3, -0.25) is 10.1 Å². The molecule has 0 atom stereocenters. The van der Waals surface area contributed by atoms with Crippen LogP contribution < -0.4 is 16.4 Å². The number of halogens is 2. The Morgan fingerprint density at radius 3 is 2.60 bits per heavy atom. The first-order valence-corrected chi connectivity index (χ1v) is 7.32. The Hall–Kier alpha value is -3.13. The number of rotatable bonds is 4. The zero-order valence-electron chi connectivity index (χ0n) is 12.7. The molecule has 0 radical (unpaired) electrons. The second-order valence-electron chi connectivity index (χ2n) is 4.79. The van der Waals surface area contributed by atoms with Crippen LogP contribution in [0, 0.1) is 5.82 Å². The van der Waals surface area contributed by atoms with E-state index in [9.17, 15) is 18.8 Å². The van der Waals surface area contributed by atoms with Gasteiger partial charge in [-0.1, -0.05) is 23.7 Å². The number of nitrogen functional groups attached to an aromatic ring is 1. The van der Waals surface area contributed by atoms with E-state index in [1.54, 1.807) is 0 Å². The van der Waals surface area contributed by atoms with Gasteiger partial charge in [-0.25, -0.2) is 14.0 Å². The Morgan fingerprint density at radius 2 is 1.88 bits per heavy atom. The fraction of sp³-hybridized carbons (Fsp3) is 0.0625. The molecular weight excluding hydrogens is 353 g/mol. The molecule has 0 unspecified atom stereocenters. The number of carbonyl (C=O) groups is 3. The van der Waals surface area contributed by atoms with Crippen molar-refractivity contribution in [2.24, 2.45) is 0 Å². The van der Waals surface area contributed by atoms with Crippen molar-refractivity contribution < 1.29 is 23.5 Å². The van der Waals surface area contributed by atoms with Crippen LogP contribution in [0.3, 0.4) is 0 Å². The third kappa shape index (κ3) is 5.18. The summed E-state index contributed by atoms with van der Waals surface area (Å²) in [4.78, 5) is 35.1. The number of urea groups is 1. The van der Waals surface area contributed by atoms with Gasteiger partial charge in [0.15, 0.2) is 6.61 Å². The maximum absolute atomic E-state index is 13.4. The van der Waals surface area contributed by atoms with E-state index >= 15 is 0 Å². The first-order chi connectivity index (χ1) is 11.9. The fourth-order valence-electron chi connectivity index (χ4n) is 1.79. The number of carbonyl (C=O) groups excluding carboxylic acids is 3. The van der Waals surface area contributed by atoms with E-state index in [1.165, 1.54) is 36.4 Å². The molecule has 0 saturated heterocycles. The number of nitrogens with two attached hydrogens (primary N) is 1. The Kier molecular flexibility index (Phi) is 5.91. The normalized spacial score (nSPS) is 10.0. The first kappa shape index (κ1) is 18.2. The molecule has 0 fully saturated rings. The molecule has 3 amide bonds. The van der Waals surface area contributed by atoms with Gasteiger partial charge in [0.1, 0.15) is 5.82 Å². The van der Waals surface area contributed by atoms with Gasteiger partial charge < -0.3 is 15.8 Å². The Bertz CT molecular complexity index is 829. The van der Waals surface area contributed by atoms with E-state index in [-0.39, 0.29) is 22.0 Å². The summed E-state index contributed by atoms with van der Waals surface area (Å²) in [7, 11) is 0. The molecule has 0 aliphatic carbocycles. The van der Waals surface area contributed by atoms with Crippen molar-refractivity contribution in [3.8, 4) is 0 Å². The summed E-state index contributed by atoms with van der Waals surface area (Å²) in [6.07, 6.45) is 0. The van der Waals surface area contributed by atoms with Gasteiger partial charge >= 0.3 is 12.0 Å². The number of hydrogen-bond donors (Lipinski definition) is 3. The summed E-state index contributed by atoms with van der Waals surface area (Å²) in [6.45, 7) is -0.727. The van der Waals surface area contributed by atoms with Gasteiger partial charge in [-0.2, -0.15) is 0 Å². The number of benzene rings is 2. The van der Waals surface area contributed by atoms with Gasteiger partial charge in [-0.05, 0) is 30.3 Å². The number of anilines is 2. The van der Waals surface area contributed by atoms with Crippen molar-refractivity contribution >= 4 is 40.9 Å². The van der Waals surface area contributed by atoms with Gasteiger partial charge in [-0.15, -0.1) is 0 Å². The van der Waals surface area contributed by atoms with Crippen molar-refractivity contribution in [3.63, 3.8) is 0 Å². The van der Waals surface area contributed by atoms with E-state index in [2.05, 4.69) is 5.32 Å². The topological polar surface area (TPSA) is 111 Å². The highest BCUT2D eigenvalue weighted by Gasteiger charge is 2.15. The summed E-state index contributed by atoms with van der Waals surface area (Å²) in [5, 5.41) is 4.32. The number of esters is 1. The highest BCUT2D eigenvalue weighted by molar-refractivity contribution is 6.31. The lowest BCUT2D eigenvalue weighted by atomic mass is 10.2. The molecule has 0 saturated carbocycles. The molecule has 0 heterocycles. The van der Waals surface area contributed by atoms with E-state index in [4.69, 9.17) is 22.1 Å². The first-order valence-electron chi connectivity index (χ1n) is 6.94. The van der Waals surface area contributed by atoms with Crippen LogP contribution in [0.25, 0.3) is 0 Å². The lowest BCUT2D eigenvalue weighted by molar-refractivity contribution is -0.123. The second-order valence-corrected chi connectivity index (χ2v) is 5.23. The van der Waals surface area contributed by atoms with Gasteiger partial charge in [0, 0.05) is 10.7 Å². The number of para-hydroxylation sites is 1. The molecule has 9 heteroatoms. The number of imide groups is 1. The van der Waals surface area contributed by atoms with Crippen molar-refractivity contribution in [2.75, 3.05) is 17.7 Å². The van der Waals surface area contributed by atoms with Gasteiger partial charge in [0.05, 0.1) is 11.3 Å². The molecule has 0 aliphatic rings. The van der Waals surface area contributed by atoms with Crippen LogP contribution in [0.5, 0.6) is 0 Å². The zero-order chi connectivity index (χ0) is 18.4. The average Bonchev–Trinajstić information content (AvgIpc) is 2.57. The number of ether oxygens (including phenoxy) is 1. The van der Waals surface area contributed by atoms with Gasteiger partial charge in [0.25, 0.3) is 5.91 Å². The molecule has 7 nitrogen and oxygen atoms in total. The monoisotopic (exact) mass is 365 g/mol. The molecule has 2 aromatic carbocycles. The van der Waals surface area contributed by atoms with Crippen LogP contribution in [0.1, 0.15) is 10.4 Å². The SMILES string of the molecule is Nc1ccc(Cl)cc1C(=O)OCC(=O)NC(=O)Nc1ccccc1F. The summed E-state index contributed by atoms with van der Waals surface area (Å²) in [5.41, 5.74) is 5.65. The quantitative estimate of drug-likeness (QED) is 0.569. The summed E-state index contributed by atoms with van der Waals surface area (Å²) in [6, 6.07) is 8.67. The third-order valence-corrected chi connectivity index (χ3v) is 3.18. The molecule has 0 bridgehead atoms. The molecule has 4 N–H and O–H groups in total. The molecule has 0 spiro atoms. The van der Waals surface area contributed by atoms with Crippen LogP contribution in [0.4, 0.5) is 20.6 Å². The van der Waals surface area contributed by atoms with Crippen LogP contribution in [-0.2, 0) is 9.53 Å². The molecule has 2 rings (SSSR count). The van der Waals surface area contributed by atoms with E-state index < -0.39 is 30.3 Å². The predicted molar refractivity (Wildman–Crippen MR) is 89.7 cm³/mol. The summed E-state index contributed by atoms with van der Waals surface area (Å²) in [5.74, 6) is -2.43. The van der Waals surface area contributed by atoms with Crippen LogP contribution in [-0.4, -0.2) is 24.5 Å². The van der Waals surface area contributed by atoms with E-state index in [0.29, 0.717) is 0 Å². The Balaban J connectivity index is 1.86. The Labute approximate surface area is 146 Å². The van der Waals surface area contributed by atoms with Crippen molar-refractivity contribution in [1.82, 2.24) is 5.32 Å². The minimum atomic E-state index is -0.964. The van der Waals surface area contributed by atoms with Crippen molar-refractivity contribution in [2.45, 2.75) is 0 Å². The summed E-state index contributed by atoms with van der Waals surface area (Å²) < 4.78 is 18.1. The molecule has 25 heavy (non-hydrogen) atoms. The Morgan fingerprint density at radius 1 is 1.16 bits per heavy atom. The highest BCUT2D eigenvalue weighted by atomic mass is 35.5. The predicted octanol–water partition coefficient (Wildman–Crippen LogP) is 2.57. The highest BCUT2D eigenvalue weighted by Crippen LogP contribution is 2.18. The zero-order valence-corrected chi connectivity index (χ0v) is 13.5. The number of hydrogen-bond acceptors (Lipinski definition) is 5. The summed E-state index contributed by atoms with van der Waals surface area (Å²) >= 11 is 5.76.